The number of benzene rings is 1. The van der Waals surface area contributed by atoms with Gasteiger partial charge in [0.15, 0.2) is 5.96 Å². The smallest absolute Gasteiger partial charge is 0.251 e. The molecule has 0 saturated carbocycles. The zero-order chi connectivity index (χ0) is 21.1. The van der Waals surface area contributed by atoms with Crippen molar-refractivity contribution >= 4 is 23.2 Å². The fourth-order valence-electron chi connectivity index (χ4n) is 2.84. The van der Waals surface area contributed by atoms with E-state index < -0.39 is 0 Å². The number of thiophene rings is 1. The standard InChI is InChI=1S/C22H33N5OS/c1-17(13-20-9-6-12-29-20)15-25-22(23-2)26-16-18-7-5-8-19(14-18)21(28)24-10-11-27(3)4/h5-9,12,14,17H,10-11,13,15-16H2,1-4H3,(H,24,28)(H2,23,25,26). The molecule has 1 unspecified atom stereocenters. The van der Waals surface area contributed by atoms with Gasteiger partial charge in [0.1, 0.15) is 0 Å². The summed E-state index contributed by atoms with van der Waals surface area (Å²) in [5, 5.41) is 11.8. The van der Waals surface area contributed by atoms with E-state index in [9.17, 15) is 4.79 Å². The summed E-state index contributed by atoms with van der Waals surface area (Å²) < 4.78 is 0. The van der Waals surface area contributed by atoms with Crippen LogP contribution < -0.4 is 16.0 Å². The van der Waals surface area contributed by atoms with Crippen LogP contribution in [0.15, 0.2) is 46.8 Å². The summed E-state index contributed by atoms with van der Waals surface area (Å²) in [5.41, 5.74) is 1.72. The van der Waals surface area contributed by atoms with Crippen molar-refractivity contribution in [3.05, 3.63) is 57.8 Å². The zero-order valence-corrected chi connectivity index (χ0v) is 18.7. The predicted octanol–water partition coefficient (Wildman–Crippen LogP) is 2.58. The van der Waals surface area contributed by atoms with E-state index >= 15 is 0 Å². The lowest BCUT2D eigenvalue weighted by Gasteiger charge is -2.16. The van der Waals surface area contributed by atoms with E-state index in [0.29, 0.717) is 24.6 Å². The molecule has 0 saturated heterocycles. The molecule has 1 aromatic heterocycles. The third-order valence-corrected chi connectivity index (χ3v) is 5.36. The molecule has 0 fully saturated rings. The summed E-state index contributed by atoms with van der Waals surface area (Å²) in [6.45, 7) is 5.15. The van der Waals surface area contributed by atoms with Crippen molar-refractivity contribution in [2.75, 3.05) is 40.8 Å². The zero-order valence-electron chi connectivity index (χ0n) is 17.9. The van der Waals surface area contributed by atoms with Gasteiger partial charge in [-0.3, -0.25) is 9.79 Å². The number of nitrogens with one attached hydrogen (secondary N) is 3. The molecule has 29 heavy (non-hydrogen) atoms. The second-order valence-corrected chi connectivity index (χ2v) is 8.49. The molecular formula is C22H33N5OS. The van der Waals surface area contributed by atoms with Crippen LogP contribution in [0, 0.1) is 5.92 Å². The van der Waals surface area contributed by atoms with Crippen molar-refractivity contribution < 1.29 is 4.79 Å². The van der Waals surface area contributed by atoms with E-state index in [2.05, 4.69) is 45.4 Å². The van der Waals surface area contributed by atoms with Gasteiger partial charge in [0.25, 0.3) is 5.91 Å². The largest absolute Gasteiger partial charge is 0.356 e. The number of hydrogen-bond donors (Lipinski definition) is 3. The van der Waals surface area contributed by atoms with Crippen molar-refractivity contribution in [2.45, 2.75) is 19.9 Å². The van der Waals surface area contributed by atoms with Gasteiger partial charge in [0.2, 0.25) is 0 Å². The molecule has 0 spiro atoms. The number of carbonyl (C=O) groups excluding carboxylic acids is 1. The average Bonchev–Trinajstić information content (AvgIpc) is 3.21. The molecule has 0 aliphatic heterocycles. The first-order chi connectivity index (χ1) is 14.0. The molecule has 1 aromatic carbocycles. The van der Waals surface area contributed by atoms with E-state index in [1.807, 2.05) is 43.3 Å². The summed E-state index contributed by atoms with van der Waals surface area (Å²) in [6.07, 6.45) is 1.06. The fraction of sp³-hybridized carbons (Fsp3) is 0.455. The summed E-state index contributed by atoms with van der Waals surface area (Å²) >= 11 is 1.80. The molecule has 7 heteroatoms. The van der Waals surface area contributed by atoms with E-state index in [1.54, 1.807) is 18.4 Å². The van der Waals surface area contributed by atoms with Crippen LogP contribution in [0.5, 0.6) is 0 Å². The number of likely N-dealkylation sites (N-methyl/N-ethyl adjacent to an activating group) is 1. The van der Waals surface area contributed by atoms with Crippen molar-refractivity contribution in [1.82, 2.24) is 20.9 Å². The first kappa shape index (κ1) is 22.9. The maximum Gasteiger partial charge on any atom is 0.251 e. The third kappa shape index (κ3) is 8.66. The average molecular weight is 416 g/mol. The van der Waals surface area contributed by atoms with Crippen molar-refractivity contribution in [1.29, 1.82) is 0 Å². The van der Waals surface area contributed by atoms with Crippen LogP contribution >= 0.6 is 11.3 Å². The number of carbonyl (C=O) groups is 1. The molecular weight excluding hydrogens is 382 g/mol. The Hall–Kier alpha value is -2.38. The Bertz CT molecular complexity index is 773. The van der Waals surface area contributed by atoms with E-state index in [0.717, 1.165) is 31.0 Å². The van der Waals surface area contributed by atoms with Crippen molar-refractivity contribution in [2.24, 2.45) is 10.9 Å². The number of hydrogen-bond acceptors (Lipinski definition) is 4. The quantitative estimate of drug-likeness (QED) is 0.412. The van der Waals surface area contributed by atoms with Crippen LogP contribution in [-0.2, 0) is 13.0 Å². The molecule has 3 N–H and O–H groups in total. The number of guanidine groups is 1. The topological polar surface area (TPSA) is 68.8 Å². The highest BCUT2D eigenvalue weighted by Crippen LogP contribution is 2.13. The number of aliphatic imine (C=N–C) groups is 1. The number of amides is 1. The highest BCUT2D eigenvalue weighted by molar-refractivity contribution is 7.09. The summed E-state index contributed by atoms with van der Waals surface area (Å²) in [4.78, 5) is 20.0. The summed E-state index contributed by atoms with van der Waals surface area (Å²) in [6, 6.07) is 12.0. The number of nitrogens with zero attached hydrogens (tertiary/aromatic N) is 2. The minimum absolute atomic E-state index is 0.0430. The second-order valence-electron chi connectivity index (χ2n) is 7.45. The Morgan fingerprint density at radius 1 is 1.17 bits per heavy atom. The Labute approximate surface area is 178 Å². The number of rotatable bonds is 10. The van der Waals surface area contributed by atoms with Crippen LogP contribution in [-0.4, -0.2) is 57.5 Å². The molecule has 2 rings (SSSR count). The molecule has 0 aliphatic rings. The van der Waals surface area contributed by atoms with E-state index in [4.69, 9.17) is 0 Å². The maximum absolute atomic E-state index is 12.3. The van der Waals surface area contributed by atoms with Gasteiger partial charge in [-0.25, -0.2) is 0 Å². The third-order valence-electron chi connectivity index (χ3n) is 4.47. The van der Waals surface area contributed by atoms with Crippen molar-refractivity contribution in [3.8, 4) is 0 Å². The minimum atomic E-state index is -0.0430. The van der Waals surface area contributed by atoms with Crippen LogP contribution in [0.3, 0.4) is 0 Å². The Morgan fingerprint density at radius 3 is 2.69 bits per heavy atom. The minimum Gasteiger partial charge on any atom is -0.356 e. The van der Waals surface area contributed by atoms with Gasteiger partial charge in [0.05, 0.1) is 0 Å². The van der Waals surface area contributed by atoms with Crippen LogP contribution in [0.1, 0.15) is 27.7 Å². The molecule has 1 atom stereocenters. The van der Waals surface area contributed by atoms with Crippen molar-refractivity contribution in [3.63, 3.8) is 0 Å². The summed E-state index contributed by atoms with van der Waals surface area (Å²) in [7, 11) is 5.75. The Kier molecular flexibility index (Phi) is 9.67. The molecule has 0 bridgehead atoms. The Morgan fingerprint density at radius 2 is 2.00 bits per heavy atom. The Balaban J connectivity index is 1.79. The fourth-order valence-corrected chi connectivity index (χ4v) is 3.71. The maximum atomic E-state index is 12.3. The first-order valence-electron chi connectivity index (χ1n) is 9.96. The highest BCUT2D eigenvalue weighted by Gasteiger charge is 2.08. The molecule has 1 heterocycles. The predicted molar refractivity (Wildman–Crippen MR) is 123 cm³/mol. The lowest BCUT2D eigenvalue weighted by molar-refractivity contribution is 0.0951. The van der Waals surface area contributed by atoms with Gasteiger partial charge in [-0.15, -0.1) is 11.3 Å². The molecule has 0 radical (unpaired) electrons. The van der Waals surface area contributed by atoms with Gasteiger partial charge in [0, 0.05) is 43.7 Å². The highest BCUT2D eigenvalue weighted by atomic mass is 32.1. The normalized spacial score (nSPS) is 12.7. The lowest BCUT2D eigenvalue weighted by atomic mass is 10.1. The SMILES string of the molecule is CN=C(NCc1cccc(C(=O)NCCN(C)C)c1)NCC(C)Cc1cccs1. The molecule has 0 aliphatic carbocycles. The van der Waals surface area contributed by atoms with Crippen LogP contribution in [0.4, 0.5) is 0 Å². The van der Waals surface area contributed by atoms with E-state index in [-0.39, 0.29) is 5.91 Å². The summed E-state index contributed by atoms with van der Waals surface area (Å²) in [5.74, 6) is 1.24. The molecule has 6 nitrogen and oxygen atoms in total. The monoisotopic (exact) mass is 415 g/mol. The van der Waals surface area contributed by atoms with Crippen LogP contribution in [0.25, 0.3) is 0 Å². The molecule has 1 amide bonds. The first-order valence-corrected chi connectivity index (χ1v) is 10.8. The molecule has 2 aromatic rings. The van der Waals surface area contributed by atoms with Gasteiger partial charge < -0.3 is 20.9 Å². The van der Waals surface area contributed by atoms with Gasteiger partial charge in [-0.05, 0) is 55.6 Å². The van der Waals surface area contributed by atoms with Gasteiger partial charge in [-0.1, -0.05) is 25.1 Å². The van der Waals surface area contributed by atoms with Crippen LogP contribution in [0.2, 0.25) is 0 Å². The molecule has 158 valence electrons. The lowest BCUT2D eigenvalue weighted by Crippen LogP contribution is -2.39. The van der Waals surface area contributed by atoms with Gasteiger partial charge >= 0.3 is 0 Å². The van der Waals surface area contributed by atoms with E-state index in [1.165, 1.54) is 4.88 Å². The second kappa shape index (κ2) is 12.2. The van der Waals surface area contributed by atoms with Gasteiger partial charge in [-0.2, -0.15) is 0 Å².